The van der Waals surface area contributed by atoms with E-state index in [2.05, 4.69) is 0 Å². The van der Waals surface area contributed by atoms with Crippen LogP contribution in [0.3, 0.4) is 0 Å². The zero-order chi connectivity index (χ0) is 13.6. The van der Waals surface area contributed by atoms with Gasteiger partial charge in [-0.15, -0.1) is 0 Å². The SMILES string of the molecule is CN(C(=O)/C=C/C(=O)O)C12CC3CC(CC(C3)C1)C2. The van der Waals surface area contributed by atoms with Crippen LogP contribution < -0.4 is 0 Å². The van der Waals surface area contributed by atoms with E-state index in [1.807, 2.05) is 11.9 Å². The molecule has 4 bridgehead atoms. The molecule has 0 heterocycles. The maximum Gasteiger partial charge on any atom is 0.328 e. The summed E-state index contributed by atoms with van der Waals surface area (Å²) in [5.41, 5.74) is 0.00861. The van der Waals surface area contributed by atoms with Crippen LogP contribution in [0.15, 0.2) is 12.2 Å². The highest BCUT2D eigenvalue weighted by Gasteiger charge is 2.53. The lowest BCUT2D eigenvalue weighted by Gasteiger charge is -2.59. The van der Waals surface area contributed by atoms with Crippen molar-refractivity contribution in [2.75, 3.05) is 7.05 Å². The van der Waals surface area contributed by atoms with Crippen LogP contribution in [0.25, 0.3) is 0 Å². The first kappa shape index (κ1) is 12.7. The van der Waals surface area contributed by atoms with Gasteiger partial charge >= 0.3 is 5.97 Å². The average Bonchev–Trinajstić information content (AvgIpc) is 2.33. The van der Waals surface area contributed by atoms with Crippen molar-refractivity contribution in [3.8, 4) is 0 Å². The smallest absolute Gasteiger partial charge is 0.328 e. The monoisotopic (exact) mass is 263 g/mol. The van der Waals surface area contributed by atoms with E-state index in [0.29, 0.717) is 0 Å². The Morgan fingerprint density at radius 2 is 1.53 bits per heavy atom. The van der Waals surface area contributed by atoms with Crippen LogP contribution in [0, 0.1) is 17.8 Å². The Kier molecular flexibility index (Phi) is 2.91. The van der Waals surface area contributed by atoms with E-state index >= 15 is 0 Å². The summed E-state index contributed by atoms with van der Waals surface area (Å²) in [6.45, 7) is 0. The molecule has 1 amide bonds. The molecule has 0 aromatic heterocycles. The molecule has 4 heteroatoms. The third-order valence-electron chi connectivity index (χ3n) is 5.42. The van der Waals surface area contributed by atoms with E-state index < -0.39 is 5.97 Å². The summed E-state index contributed by atoms with van der Waals surface area (Å²) in [5, 5.41) is 8.62. The van der Waals surface area contributed by atoms with Crippen LogP contribution in [-0.4, -0.2) is 34.5 Å². The summed E-state index contributed by atoms with van der Waals surface area (Å²) in [7, 11) is 1.85. The number of amides is 1. The van der Waals surface area contributed by atoms with Gasteiger partial charge in [0.05, 0.1) is 0 Å². The molecule has 0 atom stereocenters. The van der Waals surface area contributed by atoms with E-state index in [1.165, 1.54) is 25.3 Å². The topological polar surface area (TPSA) is 57.6 Å². The van der Waals surface area contributed by atoms with Gasteiger partial charge in [-0.1, -0.05) is 0 Å². The number of carboxylic acids is 1. The minimum atomic E-state index is -1.06. The lowest BCUT2D eigenvalue weighted by atomic mass is 9.52. The number of hydrogen-bond acceptors (Lipinski definition) is 2. The second-order valence-corrected chi connectivity index (χ2v) is 6.71. The average molecular weight is 263 g/mol. The maximum atomic E-state index is 12.1. The van der Waals surface area contributed by atoms with Crippen molar-refractivity contribution >= 4 is 11.9 Å². The molecule has 4 rings (SSSR count). The third-order valence-corrected chi connectivity index (χ3v) is 5.42. The Morgan fingerprint density at radius 1 is 1.05 bits per heavy atom. The van der Waals surface area contributed by atoms with Crippen LogP contribution in [0.5, 0.6) is 0 Å². The maximum absolute atomic E-state index is 12.1. The van der Waals surface area contributed by atoms with Gasteiger partial charge in [0, 0.05) is 24.7 Å². The van der Waals surface area contributed by atoms with E-state index in [1.54, 1.807) is 0 Å². The lowest BCUT2D eigenvalue weighted by Crippen LogP contribution is -2.60. The van der Waals surface area contributed by atoms with Gasteiger partial charge in [0.25, 0.3) is 0 Å². The number of carboxylic acid groups (broad SMARTS) is 1. The first-order valence-electron chi connectivity index (χ1n) is 7.17. The zero-order valence-electron chi connectivity index (χ0n) is 11.3. The number of carbonyl (C=O) groups is 2. The fraction of sp³-hybridized carbons (Fsp3) is 0.733. The molecule has 19 heavy (non-hydrogen) atoms. The van der Waals surface area contributed by atoms with Gasteiger partial charge in [0.1, 0.15) is 0 Å². The van der Waals surface area contributed by atoms with Crippen molar-refractivity contribution in [1.29, 1.82) is 0 Å². The predicted octanol–water partition coefficient (Wildman–Crippen LogP) is 2.05. The fourth-order valence-electron chi connectivity index (χ4n) is 4.96. The van der Waals surface area contributed by atoms with E-state index in [4.69, 9.17) is 5.11 Å². The summed E-state index contributed by atoms with van der Waals surface area (Å²) in [6.07, 6.45) is 9.50. The van der Waals surface area contributed by atoms with Crippen molar-refractivity contribution in [2.45, 2.75) is 44.1 Å². The van der Waals surface area contributed by atoms with Crippen molar-refractivity contribution in [1.82, 2.24) is 4.90 Å². The van der Waals surface area contributed by atoms with Crippen molar-refractivity contribution in [2.24, 2.45) is 17.8 Å². The molecular weight excluding hydrogens is 242 g/mol. The van der Waals surface area contributed by atoms with E-state index in [0.717, 1.165) is 43.1 Å². The largest absolute Gasteiger partial charge is 0.478 e. The van der Waals surface area contributed by atoms with Crippen LogP contribution in [-0.2, 0) is 9.59 Å². The summed E-state index contributed by atoms with van der Waals surface area (Å²) < 4.78 is 0. The molecular formula is C15H21NO3. The van der Waals surface area contributed by atoms with Crippen LogP contribution in [0.4, 0.5) is 0 Å². The third kappa shape index (κ3) is 2.17. The molecule has 0 aromatic rings. The Balaban J connectivity index is 1.77. The minimum Gasteiger partial charge on any atom is -0.478 e. The molecule has 0 unspecified atom stereocenters. The number of carbonyl (C=O) groups excluding carboxylic acids is 1. The van der Waals surface area contributed by atoms with Gasteiger partial charge in [0.15, 0.2) is 0 Å². The first-order chi connectivity index (χ1) is 8.98. The molecule has 0 spiro atoms. The normalized spacial score (nSPS) is 39.7. The first-order valence-corrected chi connectivity index (χ1v) is 7.17. The molecule has 4 saturated carbocycles. The van der Waals surface area contributed by atoms with Crippen LogP contribution >= 0.6 is 0 Å². The highest BCUT2D eigenvalue weighted by molar-refractivity contribution is 5.94. The van der Waals surface area contributed by atoms with Gasteiger partial charge in [-0.2, -0.15) is 0 Å². The Hall–Kier alpha value is -1.32. The summed E-state index contributed by atoms with van der Waals surface area (Å²) >= 11 is 0. The Bertz CT molecular complexity index is 405. The number of likely N-dealkylation sites (N-methyl/N-ethyl adjacent to an activating group) is 1. The number of hydrogen-bond donors (Lipinski definition) is 1. The molecule has 4 aliphatic rings. The molecule has 1 N–H and O–H groups in total. The molecule has 104 valence electrons. The highest BCUT2D eigenvalue weighted by atomic mass is 16.4. The standard InChI is InChI=1S/C15H21NO3/c1-16(13(17)2-3-14(18)19)15-7-10-4-11(8-15)6-12(5-10)9-15/h2-3,10-12H,4-9H2,1H3,(H,18,19)/b3-2+. The predicted molar refractivity (Wildman–Crippen MR) is 70.4 cm³/mol. The van der Waals surface area contributed by atoms with Crippen LogP contribution in [0.1, 0.15) is 38.5 Å². The molecule has 0 radical (unpaired) electrons. The molecule has 4 aliphatic carbocycles. The van der Waals surface area contributed by atoms with Crippen molar-refractivity contribution in [3.05, 3.63) is 12.2 Å². The summed E-state index contributed by atoms with van der Waals surface area (Å²) in [6, 6.07) is 0. The highest BCUT2D eigenvalue weighted by Crippen LogP contribution is 2.57. The quantitative estimate of drug-likeness (QED) is 0.793. The molecule has 0 aromatic carbocycles. The number of nitrogens with zero attached hydrogens (tertiary/aromatic N) is 1. The molecule has 4 nitrogen and oxygen atoms in total. The number of rotatable bonds is 3. The second kappa shape index (κ2) is 4.36. The van der Waals surface area contributed by atoms with E-state index in [9.17, 15) is 9.59 Å². The summed E-state index contributed by atoms with van der Waals surface area (Å²) in [4.78, 5) is 24.5. The van der Waals surface area contributed by atoms with Gasteiger partial charge in [-0.3, -0.25) is 4.79 Å². The fourth-order valence-corrected chi connectivity index (χ4v) is 4.96. The van der Waals surface area contributed by atoms with Gasteiger partial charge in [0.2, 0.25) is 5.91 Å². The van der Waals surface area contributed by atoms with Crippen LogP contribution in [0.2, 0.25) is 0 Å². The van der Waals surface area contributed by atoms with E-state index in [-0.39, 0.29) is 11.4 Å². The Morgan fingerprint density at radius 3 is 1.95 bits per heavy atom. The number of aliphatic carboxylic acids is 1. The Labute approximate surface area is 113 Å². The van der Waals surface area contributed by atoms with Crippen molar-refractivity contribution in [3.63, 3.8) is 0 Å². The lowest BCUT2D eigenvalue weighted by molar-refractivity contribution is -0.142. The minimum absolute atomic E-state index is 0.00861. The van der Waals surface area contributed by atoms with Gasteiger partial charge < -0.3 is 10.0 Å². The second-order valence-electron chi connectivity index (χ2n) is 6.71. The molecule has 0 aliphatic heterocycles. The van der Waals surface area contributed by atoms with Gasteiger partial charge in [-0.25, -0.2) is 4.79 Å². The summed E-state index contributed by atoms with van der Waals surface area (Å²) in [5.74, 6) is 1.12. The molecule has 4 fully saturated rings. The zero-order valence-corrected chi connectivity index (χ0v) is 11.3. The van der Waals surface area contributed by atoms with Crippen molar-refractivity contribution < 1.29 is 14.7 Å². The molecule has 0 saturated heterocycles. The van der Waals surface area contributed by atoms with Gasteiger partial charge in [-0.05, 0) is 56.3 Å².